The molecule has 5 heteroatoms. The maximum atomic E-state index is 12.3. The average Bonchev–Trinajstić information content (AvgIpc) is 2.85. The zero-order valence-electron chi connectivity index (χ0n) is 14.5. The molecule has 2 N–H and O–H groups in total. The minimum atomic E-state index is -0.0521. The van der Waals surface area contributed by atoms with Crippen LogP contribution in [0.25, 0.3) is 0 Å². The summed E-state index contributed by atoms with van der Waals surface area (Å²) in [5.74, 6) is 0.769. The van der Waals surface area contributed by atoms with Gasteiger partial charge in [-0.1, -0.05) is 41.9 Å². The molecule has 3 rings (SSSR count). The second kappa shape index (κ2) is 8.20. The van der Waals surface area contributed by atoms with E-state index in [0.717, 1.165) is 4.47 Å². The third-order valence-corrected chi connectivity index (χ3v) is 5.93. The normalized spacial score (nSPS) is 25.9. The topological polar surface area (TPSA) is 41.1 Å². The van der Waals surface area contributed by atoms with Crippen LogP contribution in [0, 0.1) is 5.92 Å². The number of carbonyl (C=O) groups is 1. The van der Waals surface area contributed by atoms with Crippen molar-refractivity contribution in [2.24, 2.45) is 5.92 Å². The molecule has 2 atom stereocenters. The fraction of sp³-hybridized carbons (Fsp3) is 0.632. The second-order valence-electron chi connectivity index (χ2n) is 7.85. The lowest BCUT2D eigenvalue weighted by Gasteiger charge is -2.30. The summed E-state index contributed by atoms with van der Waals surface area (Å²) >= 11 is 3.47. The van der Waals surface area contributed by atoms with E-state index in [1.165, 1.54) is 31.2 Å². The molecule has 2 heterocycles. The highest BCUT2D eigenvalue weighted by Crippen LogP contribution is 2.32. The minimum absolute atomic E-state index is 0. The van der Waals surface area contributed by atoms with Crippen LogP contribution in [0.3, 0.4) is 0 Å². The van der Waals surface area contributed by atoms with Crippen LogP contribution in [0.4, 0.5) is 0 Å². The Labute approximate surface area is 159 Å². The highest BCUT2D eigenvalue weighted by molar-refractivity contribution is 9.10. The van der Waals surface area contributed by atoms with E-state index in [1.54, 1.807) is 0 Å². The molecule has 0 saturated carbocycles. The lowest BCUT2D eigenvalue weighted by atomic mass is 9.84. The van der Waals surface area contributed by atoms with E-state index in [9.17, 15) is 4.79 Å². The second-order valence-corrected chi connectivity index (χ2v) is 8.76. The molecular weight excluding hydrogens is 388 g/mol. The summed E-state index contributed by atoms with van der Waals surface area (Å²) in [6.07, 6.45) is 5.60. The van der Waals surface area contributed by atoms with Crippen LogP contribution in [0.5, 0.6) is 0 Å². The van der Waals surface area contributed by atoms with Gasteiger partial charge in [0.2, 0.25) is 5.91 Å². The lowest BCUT2D eigenvalue weighted by Crippen LogP contribution is -2.41. The number of piperidine rings is 1. The molecule has 1 aromatic carbocycles. The number of carbonyl (C=O) groups excluding carboxylic acids is 1. The zero-order chi connectivity index (χ0) is 16.4. The fourth-order valence-electron chi connectivity index (χ4n) is 4.00. The molecule has 0 spiro atoms. The molecule has 134 valence electrons. The summed E-state index contributed by atoms with van der Waals surface area (Å²) in [4.78, 5) is 12.3. The molecule has 2 aliphatic heterocycles. The van der Waals surface area contributed by atoms with Crippen LogP contribution in [0.1, 0.15) is 51.5 Å². The molecule has 2 saturated heterocycles. The van der Waals surface area contributed by atoms with Gasteiger partial charge in [0, 0.05) is 34.9 Å². The maximum Gasteiger partial charge on any atom is 0.220 e. The Morgan fingerprint density at radius 1 is 1.21 bits per heavy atom. The third-order valence-electron chi connectivity index (χ3n) is 5.40. The number of amides is 1. The molecule has 0 radical (unpaired) electrons. The molecule has 2 fully saturated rings. The predicted molar refractivity (Wildman–Crippen MR) is 105 cm³/mol. The highest BCUT2D eigenvalue weighted by atomic mass is 79.9. The van der Waals surface area contributed by atoms with Crippen LogP contribution in [0.15, 0.2) is 28.7 Å². The number of hydrogen-bond acceptors (Lipinski definition) is 2. The van der Waals surface area contributed by atoms with E-state index in [4.69, 9.17) is 0 Å². The quantitative estimate of drug-likeness (QED) is 0.757. The fourth-order valence-corrected chi connectivity index (χ4v) is 4.26. The zero-order valence-corrected chi connectivity index (χ0v) is 16.9. The van der Waals surface area contributed by atoms with Crippen LogP contribution < -0.4 is 10.6 Å². The SMILES string of the molecule is CC(C)(CNC(=O)CC1CC2CCC(C1)N2)c1ccc(Br)cc1.Cl. The van der Waals surface area contributed by atoms with Crippen LogP contribution in [-0.4, -0.2) is 24.5 Å². The van der Waals surface area contributed by atoms with Crippen molar-refractivity contribution in [2.45, 2.75) is 63.5 Å². The van der Waals surface area contributed by atoms with Gasteiger partial charge in [0.05, 0.1) is 0 Å². The van der Waals surface area contributed by atoms with Crippen LogP contribution >= 0.6 is 28.3 Å². The Morgan fingerprint density at radius 2 is 1.79 bits per heavy atom. The first kappa shape index (κ1) is 19.7. The van der Waals surface area contributed by atoms with Crippen LogP contribution in [0.2, 0.25) is 0 Å². The van der Waals surface area contributed by atoms with Crippen molar-refractivity contribution in [2.75, 3.05) is 6.54 Å². The van der Waals surface area contributed by atoms with Crippen molar-refractivity contribution >= 4 is 34.2 Å². The molecule has 0 aromatic heterocycles. The van der Waals surface area contributed by atoms with Crippen LogP contribution in [-0.2, 0) is 10.2 Å². The first-order chi connectivity index (χ1) is 10.9. The number of nitrogens with one attached hydrogen (secondary N) is 2. The van der Waals surface area contributed by atoms with Gasteiger partial charge in [-0.3, -0.25) is 4.79 Å². The van der Waals surface area contributed by atoms with Gasteiger partial charge in [0.15, 0.2) is 0 Å². The molecule has 2 unspecified atom stereocenters. The number of rotatable bonds is 5. The molecule has 24 heavy (non-hydrogen) atoms. The van der Waals surface area contributed by atoms with Gasteiger partial charge in [-0.15, -0.1) is 12.4 Å². The first-order valence-electron chi connectivity index (χ1n) is 8.71. The Hall–Kier alpha value is -0.580. The van der Waals surface area contributed by atoms with E-state index in [1.807, 2.05) is 0 Å². The maximum absolute atomic E-state index is 12.3. The number of benzene rings is 1. The first-order valence-corrected chi connectivity index (χ1v) is 9.50. The van der Waals surface area contributed by atoms with Crippen molar-refractivity contribution in [3.8, 4) is 0 Å². The van der Waals surface area contributed by atoms with E-state index in [2.05, 4.69) is 64.7 Å². The van der Waals surface area contributed by atoms with Crippen molar-refractivity contribution in [1.82, 2.24) is 10.6 Å². The molecule has 1 amide bonds. The molecule has 2 bridgehead atoms. The smallest absolute Gasteiger partial charge is 0.220 e. The Bertz CT molecular complexity index is 549. The molecule has 0 aliphatic carbocycles. The van der Waals surface area contributed by atoms with Gasteiger partial charge in [-0.25, -0.2) is 0 Å². The molecular formula is C19H28BrClN2O. The van der Waals surface area contributed by atoms with Crippen molar-refractivity contribution in [1.29, 1.82) is 0 Å². The molecule has 1 aromatic rings. The van der Waals surface area contributed by atoms with E-state index >= 15 is 0 Å². The van der Waals surface area contributed by atoms with Gasteiger partial charge in [-0.2, -0.15) is 0 Å². The molecule has 3 nitrogen and oxygen atoms in total. The monoisotopic (exact) mass is 414 g/mol. The van der Waals surface area contributed by atoms with E-state index in [-0.39, 0.29) is 23.7 Å². The highest BCUT2D eigenvalue weighted by Gasteiger charge is 2.34. The summed E-state index contributed by atoms with van der Waals surface area (Å²) in [5, 5.41) is 6.80. The average molecular weight is 416 g/mol. The van der Waals surface area contributed by atoms with Gasteiger partial charge >= 0.3 is 0 Å². The Balaban J connectivity index is 0.00000208. The van der Waals surface area contributed by atoms with Gasteiger partial charge in [-0.05, 0) is 49.3 Å². The standard InChI is InChI=1S/C19H27BrN2O.ClH/c1-19(2,14-3-5-15(20)6-4-14)12-21-18(23)11-13-9-16-7-8-17(10-13)22-16;/h3-6,13,16-17,22H,7-12H2,1-2H3,(H,21,23);1H. The van der Waals surface area contributed by atoms with Crippen molar-refractivity contribution in [3.63, 3.8) is 0 Å². The number of halogens is 2. The Kier molecular flexibility index (Phi) is 6.74. The largest absolute Gasteiger partial charge is 0.355 e. The number of fused-ring (bicyclic) bond motifs is 2. The summed E-state index contributed by atoms with van der Waals surface area (Å²) in [5.41, 5.74) is 1.20. The number of hydrogen-bond donors (Lipinski definition) is 2. The predicted octanol–water partition coefficient (Wildman–Crippen LogP) is 4.19. The van der Waals surface area contributed by atoms with E-state index in [0.29, 0.717) is 31.0 Å². The Morgan fingerprint density at radius 3 is 2.38 bits per heavy atom. The summed E-state index contributed by atoms with van der Waals surface area (Å²) in [6.45, 7) is 5.05. The summed E-state index contributed by atoms with van der Waals surface area (Å²) in [7, 11) is 0. The molecule has 2 aliphatic rings. The minimum Gasteiger partial charge on any atom is -0.355 e. The van der Waals surface area contributed by atoms with Gasteiger partial charge in [0.25, 0.3) is 0 Å². The van der Waals surface area contributed by atoms with E-state index < -0.39 is 0 Å². The summed E-state index contributed by atoms with van der Waals surface area (Å²) in [6, 6.07) is 9.69. The third kappa shape index (κ3) is 4.96. The summed E-state index contributed by atoms with van der Waals surface area (Å²) < 4.78 is 1.08. The van der Waals surface area contributed by atoms with Gasteiger partial charge < -0.3 is 10.6 Å². The lowest BCUT2D eigenvalue weighted by molar-refractivity contribution is -0.122. The van der Waals surface area contributed by atoms with Gasteiger partial charge in [0.1, 0.15) is 0 Å². The van der Waals surface area contributed by atoms with Crippen molar-refractivity contribution in [3.05, 3.63) is 34.3 Å². The van der Waals surface area contributed by atoms with Crippen molar-refractivity contribution < 1.29 is 4.79 Å².